The third-order valence-corrected chi connectivity index (χ3v) is 3.57. The van der Waals surface area contributed by atoms with Crippen LogP contribution in [0.1, 0.15) is 13.8 Å². The van der Waals surface area contributed by atoms with E-state index in [-0.39, 0.29) is 0 Å². The van der Waals surface area contributed by atoms with Gasteiger partial charge in [0, 0.05) is 25.2 Å². The molecule has 1 aliphatic heterocycles. The standard InChI is InChI=1S/C15H24N2O2/c1-11-8-16-12(2)10-17(9-11)14-7-13(18-3)5-6-15(14)19-4/h5-7,11-12,16H,8-10H2,1-4H3. The predicted molar refractivity (Wildman–Crippen MR) is 78.4 cm³/mol. The monoisotopic (exact) mass is 264 g/mol. The Morgan fingerprint density at radius 1 is 1.16 bits per heavy atom. The fourth-order valence-electron chi connectivity index (χ4n) is 2.55. The summed E-state index contributed by atoms with van der Waals surface area (Å²) in [5, 5.41) is 3.55. The maximum atomic E-state index is 5.49. The zero-order chi connectivity index (χ0) is 13.8. The third-order valence-electron chi connectivity index (χ3n) is 3.57. The first-order valence-electron chi connectivity index (χ1n) is 6.84. The number of anilines is 1. The largest absolute Gasteiger partial charge is 0.497 e. The van der Waals surface area contributed by atoms with Gasteiger partial charge in [-0.05, 0) is 31.5 Å². The summed E-state index contributed by atoms with van der Waals surface area (Å²) in [6, 6.07) is 6.44. The SMILES string of the molecule is COc1ccc(OC)c(N2CC(C)CNC(C)C2)c1. The lowest BCUT2D eigenvalue weighted by Gasteiger charge is -2.28. The third kappa shape index (κ3) is 3.32. The summed E-state index contributed by atoms with van der Waals surface area (Å²) in [6.45, 7) is 7.56. The van der Waals surface area contributed by atoms with Crippen molar-refractivity contribution in [1.82, 2.24) is 5.32 Å². The molecule has 0 aliphatic carbocycles. The van der Waals surface area contributed by atoms with Crippen molar-refractivity contribution in [3.8, 4) is 11.5 Å². The van der Waals surface area contributed by atoms with E-state index < -0.39 is 0 Å². The highest BCUT2D eigenvalue weighted by Crippen LogP contribution is 2.33. The van der Waals surface area contributed by atoms with E-state index in [0.717, 1.165) is 36.8 Å². The Morgan fingerprint density at radius 3 is 2.63 bits per heavy atom. The van der Waals surface area contributed by atoms with Crippen molar-refractivity contribution < 1.29 is 9.47 Å². The average molecular weight is 264 g/mol. The summed E-state index contributed by atoms with van der Waals surface area (Å²) in [5.74, 6) is 2.39. The molecule has 2 atom stereocenters. The van der Waals surface area contributed by atoms with E-state index in [2.05, 4.69) is 30.1 Å². The minimum Gasteiger partial charge on any atom is -0.497 e. The highest BCUT2D eigenvalue weighted by atomic mass is 16.5. The maximum Gasteiger partial charge on any atom is 0.142 e. The van der Waals surface area contributed by atoms with Gasteiger partial charge in [-0.3, -0.25) is 0 Å². The van der Waals surface area contributed by atoms with Gasteiger partial charge in [0.1, 0.15) is 11.5 Å². The Hall–Kier alpha value is -1.42. The molecule has 106 valence electrons. The molecule has 0 bridgehead atoms. The van der Waals surface area contributed by atoms with Crippen molar-refractivity contribution in [1.29, 1.82) is 0 Å². The molecule has 2 unspecified atom stereocenters. The summed E-state index contributed by atoms with van der Waals surface area (Å²) < 4.78 is 10.8. The van der Waals surface area contributed by atoms with Gasteiger partial charge in [-0.15, -0.1) is 0 Å². The van der Waals surface area contributed by atoms with Crippen LogP contribution in [0.3, 0.4) is 0 Å². The lowest BCUT2D eigenvalue weighted by atomic mass is 10.1. The number of hydrogen-bond acceptors (Lipinski definition) is 4. The zero-order valence-corrected chi connectivity index (χ0v) is 12.3. The van der Waals surface area contributed by atoms with E-state index in [1.807, 2.05) is 12.1 Å². The van der Waals surface area contributed by atoms with Gasteiger partial charge in [-0.25, -0.2) is 0 Å². The first-order valence-corrected chi connectivity index (χ1v) is 6.84. The van der Waals surface area contributed by atoms with Crippen molar-refractivity contribution in [3.63, 3.8) is 0 Å². The number of hydrogen-bond donors (Lipinski definition) is 1. The number of rotatable bonds is 3. The molecule has 2 rings (SSSR count). The van der Waals surface area contributed by atoms with E-state index in [9.17, 15) is 0 Å². The van der Waals surface area contributed by atoms with Gasteiger partial charge >= 0.3 is 0 Å². The van der Waals surface area contributed by atoms with E-state index in [1.54, 1.807) is 14.2 Å². The normalized spacial score (nSPS) is 23.9. The van der Waals surface area contributed by atoms with Crippen LogP contribution in [-0.2, 0) is 0 Å². The molecule has 1 aliphatic rings. The van der Waals surface area contributed by atoms with Crippen LogP contribution in [-0.4, -0.2) is 39.9 Å². The Bertz CT molecular complexity index is 411. The maximum absolute atomic E-state index is 5.49. The van der Waals surface area contributed by atoms with E-state index >= 15 is 0 Å². The number of nitrogens with one attached hydrogen (secondary N) is 1. The second-order valence-electron chi connectivity index (χ2n) is 5.36. The zero-order valence-electron chi connectivity index (χ0n) is 12.3. The van der Waals surface area contributed by atoms with Crippen LogP contribution < -0.4 is 19.7 Å². The van der Waals surface area contributed by atoms with Crippen molar-refractivity contribution in [3.05, 3.63) is 18.2 Å². The minimum absolute atomic E-state index is 0.473. The molecule has 0 amide bonds. The minimum atomic E-state index is 0.473. The quantitative estimate of drug-likeness (QED) is 0.907. The highest BCUT2D eigenvalue weighted by molar-refractivity contribution is 5.62. The summed E-state index contributed by atoms with van der Waals surface area (Å²) in [5.41, 5.74) is 1.12. The number of ether oxygens (including phenoxy) is 2. The van der Waals surface area contributed by atoms with Gasteiger partial charge in [-0.2, -0.15) is 0 Å². The van der Waals surface area contributed by atoms with Gasteiger partial charge in [0.2, 0.25) is 0 Å². The van der Waals surface area contributed by atoms with Crippen molar-refractivity contribution in [2.75, 3.05) is 38.8 Å². The van der Waals surface area contributed by atoms with Gasteiger partial charge in [-0.1, -0.05) is 6.92 Å². The van der Waals surface area contributed by atoms with Crippen LogP contribution in [0.25, 0.3) is 0 Å². The van der Waals surface area contributed by atoms with Crippen LogP contribution >= 0.6 is 0 Å². The molecule has 0 spiro atoms. The Balaban J connectivity index is 2.31. The molecule has 1 aromatic rings. The van der Waals surface area contributed by atoms with E-state index in [1.165, 1.54) is 0 Å². The summed E-state index contributed by atoms with van der Waals surface area (Å²) in [7, 11) is 3.41. The van der Waals surface area contributed by atoms with Crippen LogP contribution in [0.4, 0.5) is 5.69 Å². The van der Waals surface area contributed by atoms with Gasteiger partial charge in [0.15, 0.2) is 0 Å². The molecule has 1 aromatic carbocycles. The fourth-order valence-corrected chi connectivity index (χ4v) is 2.55. The molecule has 0 radical (unpaired) electrons. The Kier molecular flexibility index (Phi) is 4.53. The van der Waals surface area contributed by atoms with Crippen LogP contribution in [0.2, 0.25) is 0 Å². The molecular weight excluding hydrogens is 240 g/mol. The molecule has 0 aromatic heterocycles. The second-order valence-corrected chi connectivity index (χ2v) is 5.36. The molecule has 1 saturated heterocycles. The molecular formula is C15H24N2O2. The van der Waals surface area contributed by atoms with Crippen molar-refractivity contribution in [2.24, 2.45) is 5.92 Å². The molecule has 4 heteroatoms. The number of methoxy groups -OCH3 is 2. The van der Waals surface area contributed by atoms with Gasteiger partial charge in [0.05, 0.1) is 19.9 Å². The summed E-state index contributed by atoms with van der Waals surface area (Å²) in [6.07, 6.45) is 0. The summed E-state index contributed by atoms with van der Waals surface area (Å²) in [4.78, 5) is 2.39. The lowest BCUT2D eigenvalue weighted by Crippen LogP contribution is -2.35. The number of benzene rings is 1. The molecule has 19 heavy (non-hydrogen) atoms. The molecule has 0 saturated carbocycles. The fraction of sp³-hybridized carbons (Fsp3) is 0.600. The first-order chi connectivity index (χ1) is 9.13. The first kappa shape index (κ1) is 14.0. The van der Waals surface area contributed by atoms with Crippen molar-refractivity contribution in [2.45, 2.75) is 19.9 Å². The van der Waals surface area contributed by atoms with Gasteiger partial charge in [0.25, 0.3) is 0 Å². The predicted octanol–water partition coefficient (Wildman–Crippen LogP) is 2.14. The molecule has 1 N–H and O–H groups in total. The number of nitrogens with zero attached hydrogens (tertiary/aromatic N) is 1. The highest BCUT2D eigenvalue weighted by Gasteiger charge is 2.21. The van der Waals surface area contributed by atoms with E-state index in [4.69, 9.17) is 9.47 Å². The Labute approximate surface area is 115 Å². The lowest BCUT2D eigenvalue weighted by molar-refractivity contribution is 0.402. The van der Waals surface area contributed by atoms with Crippen LogP contribution in [0.15, 0.2) is 18.2 Å². The topological polar surface area (TPSA) is 33.7 Å². The molecule has 1 fully saturated rings. The van der Waals surface area contributed by atoms with E-state index in [0.29, 0.717) is 12.0 Å². The van der Waals surface area contributed by atoms with Crippen LogP contribution in [0, 0.1) is 5.92 Å². The summed E-state index contributed by atoms with van der Waals surface area (Å²) >= 11 is 0. The smallest absolute Gasteiger partial charge is 0.142 e. The Morgan fingerprint density at radius 2 is 1.95 bits per heavy atom. The van der Waals surface area contributed by atoms with Gasteiger partial charge < -0.3 is 19.7 Å². The van der Waals surface area contributed by atoms with Crippen LogP contribution in [0.5, 0.6) is 11.5 Å². The van der Waals surface area contributed by atoms with Crippen molar-refractivity contribution >= 4 is 5.69 Å². The average Bonchev–Trinajstić information content (AvgIpc) is 2.59. The second kappa shape index (κ2) is 6.15. The molecule has 1 heterocycles. The molecule has 4 nitrogen and oxygen atoms in total.